The molecule has 1 N–H and O–H groups in total. The molecule has 15 heavy (non-hydrogen) atoms. The quantitative estimate of drug-likeness (QED) is 0.786. The number of rotatable bonds is 5. The predicted molar refractivity (Wildman–Crippen MR) is 59.5 cm³/mol. The van der Waals surface area contributed by atoms with Crippen LogP contribution in [0.25, 0.3) is 0 Å². The molecule has 0 atom stereocenters. The summed E-state index contributed by atoms with van der Waals surface area (Å²) in [6.45, 7) is 0.923. The first-order valence-corrected chi connectivity index (χ1v) is 4.94. The molecule has 1 radical (unpaired) electrons. The van der Waals surface area contributed by atoms with Gasteiger partial charge in [0.15, 0.2) is 0 Å². The number of anilines is 1. The van der Waals surface area contributed by atoms with Gasteiger partial charge in [-0.1, -0.05) is 0 Å². The van der Waals surface area contributed by atoms with Crippen molar-refractivity contribution in [3.8, 4) is 0 Å². The first kappa shape index (κ1) is 11.7. The number of carbonyl (C=O) groups excluding carboxylic acids is 1. The molecule has 4 heteroatoms. The molecule has 0 unspecified atom stereocenters. The van der Waals surface area contributed by atoms with E-state index in [0.29, 0.717) is 12.1 Å². The number of pyridine rings is 1. The van der Waals surface area contributed by atoms with E-state index in [1.165, 1.54) is 0 Å². The van der Waals surface area contributed by atoms with Gasteiger partial charge in [0.05, 0.1) is 11.9 Å². The molecular formula is C11H16N3O. The Morgan fingerprint density at radius 1 is 1.60 bits per heavy atom. The summed E-state index contributed by atoms with van der Waals surface area (Å²) in [4.78, 5) is 17.4. The number of nitrogens with zero attached hydrogens (tertiary/aromatic N) is 2. The number of nitrogens with one attached hydrogen (secondary N) is 1. The van der Waals surface area contributed by atoms with Gasteiger partial charge in [-0.05, 0) is 33.1 Å². The molecule has 81 valence electrons. The van der Waals surface area contributed by atoms with Gasteiger partial charge >= 0.3 is 0 Å². The topological polar surface area (TPSA) is 45.2 Å². The van der Waals surface area contributed by atoms with E-state index in [2.05, 4.69) is 21.3 Å². The molecule has 0 aliphatic carbocycles. The van der Waals surface area contributed by atoms with E-state index in [1.54, 1.807) is 18.5 Å². The molecule has 0 aliphatic rings. The van der Waals surface area contributed by atoms with Crippen molar-refractivity contribution in [2.45, 2.75) is 12.8 Å². The molecular weight excluding hydrogens is 190 g/mol. The zero-order chi connectivity index (χ0) is 11.1. The van der Waals surface area contributed by atoms with Crippen molar-refractivity contribution in [1.82, 2.24) is 9.88 Å². The maximum Gasteiger partial charge on any atom is 0.224 e. The summed E-state index contributed by atoms with van der Waals surface area (Å²) in [5.41, 5.74) is 0.701. The van der Waals surface area contributed by atoms with Crippen LogP contribution in [0.15, 0.2) is 18.5 Å². The Kier molecular flexibility index (Phi) is 4.77. The van der Waals surface area contributed by atoms with E-state index in [9.17, 15) is 4.79 Å². The second-order valence-corrected chi connectivity index (χ2v) is 3.63. The minimum atomic E-state index is 0.0262. The van der Waals surface area contributed by atoms with Gasteiger partial charge in [-0.2, -0.15) is 0 Å². The Labute approximate surface area is 90.3 Å². The lowest BCUT2D eigenvalue weighted by Crippen LogP contribution is -2.17. The van der Waals surface area contributed by atoms with Gasteiger partial charge in [0.2, 0.25) is 5.91 Å². The van der Waals surface area contributed by atoms with Gasteiger partial charge in [0, 0.05) is 18.7 Å². The predicted octanol–water partition coefficient (Wildman–Crippen LogP) is 1.16. The maximum absolute atomic E-state index is 11.4. The fourth-order valence-corrected chi connectivity index (χ4v) is 1.17. The van der Waals surface area contributed by atoms with Gasteiger partial charge < -0.3 is 10.2 Å². The first-order chi connectivity index (χ1) is 7.18. The van der Waals surface area contributed by atoms with Gasteiger partial charge in [-0.25, -0.2) is 0 Å². The van der Waals surface area contributed by atoms with Crippen LogP contribution in [0.1, 0.15) is 12.8 Å². The highest BCUT2D eigenvalue weighted by Crippen LogP contribution is 2.03. The molecule has 0 fully saturated rings. The summed E-state index contributed by atoms with van der Waals surface area (Å²) >= 11 is 0. The van der Waals surface area contributed by atoms with E-state index in [-0.39, 0.29) is 5.91 Å². The number of hydrogen-bond donors (Lipinski definition) is 1. The maximum atomic E-state index is 11.4. The zero-order valence-electron chi connectivity index (χ0n) is 9.16. The minimum absolute atomic E-state index is 0.0262. The third kappa shape index (κ3) is 5.12. The van der Waals surface area contributed by atoms with Crippen LogP contribution in [0.2, 0.25) is 0 Å². The third-order valence-corrected chi connectivity index (χ3v) is 1.89. The van der Waals surface area contributed by atoms with Crippen LogP contribution in [-0.4, -0.2) is 36.4 Å². The van der Waals surface area contributed by atoms with Crippen molar-refractivity contribution in [3.63, 3.8) is 0 Å². The second kappa shape index (κ2) is 6.14. The van der Waals surface area contributed by atoms with Crippen LogP contribution in [0.4, 0.5) is 5.69 Å². The van der Waals surface area contributed by atoms with E-state index in [0.717, 1.165) is 13.0 Å². The fraction of sp³-hybridized carbons (Fsp3) is 0.455. The lowest BCUT2D eigenvalue weighted by atomic mass is 10.3. The van der Waals surface area contributed by atoms with Crippen molar-refractivity contribution in [2.24, 2.45) is 0 Å². The van der Waals surface area contributed by atoms with Crippen molar-refractivity contribution in [1.29, 1.82) is 0 Å². The summed E-state index contributed by atoms with van der Waals surface area (Å²) in [5.74, 6) is 0.0262. The first-order valence-electron chi connectivity index (χ1n) is 4.94. The zero-order valence-corrected chi connectivity index (χ0v) is 9.16. The fourth-order valence-electron chi connectivity index (χ4n) is 1.17. The molecule has 0 aromatic carbocycles. The molecule has 1 heterocycles. The van der Waals surface area contributed by atoms with Gasteiger partial charge in [0.1, 0.15) is 0 Å². The summed E-state index contributed by atoms with van der Waals surface area (Å²) < 4.78 is 0. The van der Waals surface area contributed by atoms with Crippen LogP contribution in [0, 0.1) is 6.07 Å². The van der Waals surface area contributed by atoms with E-state index < -0.39 is 0 Å². The molecule has 0 saturated carbocycles. The third-order valence-electron chi connectivity index (χ3n) is 1.89. The second-order valence-electron chi connectivity index (χ2n) is 3.63. The molecule has 1 amide bonds. The summed E-state index contributed by atoms with van der Waals surface area (Å²) in [6.07, 6.45) is 4.57. The monoisotopic (exact) mass is 206 g/mol. The molecule has 0 saturated heterocycles. The highest BCUT2D eigenvalue weighted by Gasteiger charge is 2.02. The highest BCUT2D eigenvalue weighted by atomic mass is 16.1. The number of hydrogen-bond acceptors (Lipinski definition) is 3. The summed E-state index contributed by atoms with van der Waals surface area (Å²) in [7, 11) is 3.99. The van der Waals surface area contributed by atoms with Crippen LogP contribution in [-0.2, 0) is 4.79 Å². The molecule has 1 aromatic heterocycles. The Balaban J connectivity index is 2.25. The van der Waals surface area contributed by atoms with Crippen molar-refractivity contribution < 1.29 is 4.79 Å². The molecule has 0 aliphatic heterocycles. The summed E-state index contributed by atoms with van der Waals surface area (Å²) in [6, 6.07) is 4.51. The lowest BCUT2D eigenvalue weighted by Gasteiger charge is -2.08. The van der Waals surface area contributed by atoms with Crippen LogP contribution in [0.3, 0.4) is 0 Å². The van der Waals surface area contributed by atoms with E-state index in [4.69, 9.17) is 0 Å². The molecule has 4 nitrogen and oxygen atoms in total. The van der Waals surface area contributed by atoms with Crippen LogP contribution < -0.4 is 5.32 Å². The Morgan fingerprint density at radius 3 is 3.00 bits per heavy atom. The lowest BCUT2D eigenvalue weighted by molar-refractivity contribution is -0.116. The molecule has 0 bridgehead atoms. The number of carbonyl (C=O) groups is 1. The number of aromatic nitrogens is 1. The van der Waals surface area contributed by atoms with Crippen LogP contribution >= 0.6 is 0 Å². The molecule has 1 aromatic rings. The van der Waals surface area contributed by atoms with Crippen LogP contribution in [0.5, 0.6) is 0 Å². The summed E-state index contributed by atoms with van der Waals surface area (Å²) in [5, 5.41) is 2.76. The van der Waals surface area contributed by atoms with E-state index >= 15 is 0 Å². The Bertz CT molecular complexity index is 298. The smallest absolute Gasteiger partial charge is 0.224 e. The van der Waals surface area contributed by atoms with Gasteiger partial charge in [-0.15, -0.1) is 0 Å². The molecule has 1 rings (SSSR count). The largest absolute Gasteiger partial charge is 0.325 e. The van der Waals surface area contributed by atoms with Crippen molar-refractivity contribution in [2.75, 3.05) is 26.0 Å². The van der Waals surface area contributed by atoms with Gasteiger partial charge in [0.25, 0.3) is 0 Å². The SMILES string of the molecule is CN(C)CCCC(=O)Nc1c[c]cnc1. The van der Waals surface area contributed by atoms with E-state index in [1.807, 2.05) is 14.1 Å². The minimum Gasteiger partial charge on any atom is -0.325 e. The van der Waals surface area contributed by atoms with Gasteiger partial charge in [-0.3, -0.25) is 9.78 Å². The Morgan fingerprint density at radius 2 is 2.40 bits per heavy atom. The average Bonchev–Trinajstić information content (AvgIpc) is 2.18. The average molecular weight is 206 g/mol. The highest BCUT2D eigenvalue weighted by molar-refractivity contribution is 5.90. The van der Waals surface area contributed by atoms with Crippen molar-refractivity contribution in [3.05, 3.63) is 24.5 Å². The molecule has 0 spiro atoms. The number of amides is 1. The normalized spacial score (nSPS) is 10.3. The standard InChI is InChI=1S/C11H16N3O/c1-14(2)8-4-6-11(15)13-10-5-3-7-12-9-10/h5,7,9H,4,6,8H2,1-2H3,(H,13,15). The Hall–Kier alpha value is -1.42. The van der Waals surface area contributed by atoms with Crippen molar-refractivity contribution >= 4 is 11.6 Å².